The summed E-state index contributed by atoms with van der Waals surface area (Å²) in [5.74, 6) is 1.14. The van der Waals surface area contributed by atoms with E-state index in [0.29, 0.717) is 10.8 Å². The lowest BCUT2D eigenvalue weighted by Gasteiger charge is -2.21. The van der Waals surface area contributed by atoms with E-state index in [1.54, 1.807) is 0 Å². The minimum Gasteiger partial charge on any atom is -0.460 e. The van der Waals surface area contributed by atoms with Gasteiger partial charge in [-0.25, -0.2) is 0 Å². The number of fused-ring (bicyclic) bond motifs is 1. The standard InChI is InChI=1S/C27H25ClO3/c1-18(2)26(22-14-20-11-12-23(28)16-21(20)15-22)27(29)30-17-19-7-6-10-25(13-19)31-24-8-4-3-5-9-24/h3-13,15-16,18,26H,14,17H2,1-2H3. The second-order valence-electron chi connectivity index (χ2n) is 8.13. The molecular weight excluding hydrogens is 408 g/mol. The topological polar surface area (TPSA) is 35.5 Å². The monoisotopic (exact) mass is 432 g/mol. The zero-order chi connectivity index (χ0) is 21.8. The molecule has 0 aliphatic heterocycles. The largest absolute Gasteiger partial charge is 0.460 e. The third kappa shape index (κ3) is 5.18. The van der Waals surface area contributed by atoms with Gasteiger partial charge < -0.3 is 9.47 Å². The summed E-state index contributed by atoms with van der Waals surface area (Å²) in [6.45, 7) is 4.31. The maximum Gasteiger partial charge on any atom is 0.313 e. The Morgan fingerprint density at radius 3 is 2.52 bits per heavy atom. The number of hydrogen-bond donors (Lipinski definition) is 0. The Kier molecular flexibility index (Phi) is 6.43. The van der Waals surface area contributed by atoms with E-state index in [4.69, 9.17) is 21.1 Å². The van der Waals surface area contributed by atoms with Gasteiger partial charge in [0.05, 0.1) is 5.92 Å². The summed E-state index contributed by atoms with van der Waals surface area (Å²) in [4.78, 5) is 13.0. The predicted molar refractivity (Wildman–Crippen MR) is 124 cm³/mol. The molecular formula is C27H25ClO3. The number of para-hydroxylation sites is 1. The summed E-state index contributed by atoms with van der Waals surface area (Å²) in [5, 5.41) is 0.706. The van der Waals surface area contributed by atoms with Crippen molar-refractivity contribution in [1.29, 1.82) is 0 Å². The molecule has 3 aromatic carbocycles. The number of benzene rings is 3. The van der Waals surface area contributed by atoms with Gasteiger partial charge in [-0.1, -0.05) is 73.5 Å². The molecule has 0 saturated carbocycles. The molecule has 1 unspecified atom stereocenters. The Morgan fingerprint density at radius 1 is 0.968 bits per heavy atom. The van der Waals surface area contributed by atoms with Gasteiger partial charge in [0.1, 0.15) is 18.1 Å². The highest BCUT2D eigenvalue weighted by molar-refractivity contribution is 6.30. The van der Waals surface area contributed by atoms with Crippen LogP contribution in [0.2, 0.25) is 5.02 Å². The lowest BCUT2D eigenvalue weighted by molar-refractivity contribution is -0.149. The van der Waals surface area contributed by atoms with Crippen molar-refractivity contribution in [2.75, 3.05) is 0 Å². The molecule has 4 heteroatoms. The third-order valence-electron chi connectivity index (χ3n) is 5.42. The number of carbonyl (C=O) groups is 1. The number of carbonyl (C=O) groups excluding carboxylic acids is 1. The number of rotatable bonds is 7. The maximum absolute atomic E-state index is 13.0. The first-order valence-electron chi connectivity index (χ1n) is 10.5. The van der Waals surface area contributed by atoms with Crippen LogP contribution < -0.4 is 4.74 Å². The summed E-state index contributed by atoms with van der Waals surface area (Å²) in [5.41, 5.74) is 4.26. The predicted octanol–water partition coefficient (Wildman–Crippen LogP) is 7.09. The van der Waals surface area contributed by atoms with Gasteiger partial charge in [-0.2, -0.15) is 0 Å². The molecule has 1 aliphatic carbocycles. The minimum absolute atomic E-state index is 0.135. The van der Waals surface area contributed by atoms with Crippen LogP contribution in [0.1, 0.15) is 30.5 Å². The Labute approximate surface area is 188 Å². The highest BCUT2D eigenvalue weighted by Gasteiger charge is 2.30. The van der Waals surface area contributed by atoms with Crippen LogP contribution in [0.25, 0.3) is 6.08 Å². The lowest BCUT2D eigenvalue weighted by atomic mass is 9.87. The molecule has 1 aliphatic rings. The van der Waals surface area contributed by atoms with E-state index in [2.05, 4.69) is 19.9 Å². The first-order chi connectivity index (χ1) is 15.0. The molecule has 0 amide bonds. The number of hydrogen-bond acceptors (Lipinski definition) is 3. The SMILES string of the molecule is CC(C)C(C(=O)OCc1cccc(Oc2ccccc2)c1)C1=Cc2cc(Cl)ccc2C1. The molecule has 0 heterocycles. The molecule has 0 spiro atoms. The van der Waals surface area contributed by atoms with Crippen molar-refractivity contribution in [3.63, 3.8) is 0 Å². The normalized spacial score (nSPS) is 13.5. The van der Waals surface area contributed by atoms with Crippen LogP contribution in [0, 0.1) is 11.8 Å². The summed E-state index contributed by atoms with van der Waals surface area (Å²) < 4.78 is 11.6. The van der Waals surface area contributed by atoms with Crippen molar-refractivity contribution in [1.82, 2.24) is 0 Å². The summed E-state index contributed by atoms with van der Waals surface area (Å²) >= 11 is 6.13. The van der Waals surface area contributed by atoms with Crippen molar-refractivity contribution in [3.05, 3.63) is 100 Å². The lowest BCUT2D eigenvalue weighted by Crippen LogP contribution is -2.25. The smallest absolute Gasteiger partial charge is 0.313 e. The molecule has 4 rings (SSSR count). The molecule has 0 bridgehead atoms. The van der Waals surface area contributed by atoms with E-state index in [0.717, 1.165) is 28.9 Å². The second-order valence-corrected chi connectivity index (χ2v) is 8.57. The molecule has 0 N–H and O–H groups in total. The summed E-state index contributed by atoms with van der Waals surface area (Å²) in [6, 6.07) is 23.1. The fraction of sp³-hybridized carbons (Fsp3) is 0.222. The van der Waals surface area contributed by atoms with Crippen LogP contribution in [0.15, 0.2) is 78.4 Å². The van der Waals surface area contributed by atoms with Gasteiger partial charge in [-0.05, 0) is 65.4 Å². The summed E-state index contributed by atoms with van der Waals surface area (Å²) in [7, 11) is 0. The first-order valence-corrected chi connectivity index (χ1v) is 10.8. The highest BCUT2D eigenvalue weighted by Crippen LogP contribution is 2.35. The van der Waals surface area contributed by atoms with Gasteiger partial charge >= 0.3 is 5.97 Å². The van der Waals surface area contributed by atoms with Crippen LogP contribution in [0.4, 0.5) is 0 Å². The van der Waals surface area contributed by atoms with Gasteiger partial charge in [0.25, 0.3) is 0 Å². The van der Waals surface area contributed by atoms with Gasteiger partial charge in [0, 0.05) is 5.02 Å². The summed E-state index contributed by atoms with van der Waals surface area (Å²) in [6.07, 6.45) is 2.84. The van der Waals surface area contributed by atoms with E-state index in [1.807, 2.05) is 72.8 Å². The number of halogens is 1. The van der Waals surface area contributed by atoms with E-state index in [-0.39, 0.29) is 24.4 Å². The average molecular weight is 433 g/mol. The molecule has 0 saturated heterocycles. The Morgan fingerprint density at radius 2 is 1.74 bits per heavy atom. The second kappa shape index (κ2) is 9.40. The van der Waals surface area contributed by atoms with Gasteiger partial charge in [0.2, 0.25) is 0 Å². The molecule has 3 nitrogen and oxygen atoms in total. The molecule has 0 fully saturated rings. The number of ether oxygens (including phenoxy) is 2. The van der Waals surface area contributed by atoms with Gasteiger partial charge in [-0.15, -0.1) is 0 Å². The van der Waals surface area contributed by atoms with Crippen molar-refractivity contribution in [2.24, 2.45) is 11.8 Å². The molecule has 3 aromatic rings. The van der Waals surface area contributed by atoms with E-state index in [1.165, 1.54) is 5.56 Å². The van der Waals surface area contributed by atoms with Gasteiger partial charge in [0.15, 0.2) is 0 Å². The Balaban J connectivity index is 1.42. The van der Waals surface area contributed by atoms with Crippen molar-refractivity contribution < 1.29 is 14.3 Å². The van der Waals surface area contributed by atoms with Crippen molar-refractivity contribution >= 4 is 23.6 Å². The maximum atomic E-state index is 13.0. The molecule has 158 valence electrons. The highest BCUT2D eigenvalue weighted by atomic mass is 35.5. The molecule has 31 heavy (non-hydrogen) atoms. The fourth-order valence-corrected chi connectivity index (χ4v) is 4.13. The first kappa shape index (κ1) is 21.2. The van der Waals surface area contributed by atoms with Gasteiger partial charge in [-0.3, -0.25) is 4.79 Å². The minimum atomic E-state index is -0.282. The Hall–Kier alpha value is -3.04. The quantitative estimate of drug-likeness (QED) is 0.374. The van der Waals surface area contributed by atoms with E-state index < -0.39 is 0 Å². The van der Waals surface area contributed by atoms with E-state index >= 15 is 0 Å². The van der Waals surface area contributed by atoms with Crippen LogP contribution in [0.3, 0.4) is 0 Å². The Bertz CT molecular complexity index is 1100. The van der Waals surface area contributed by atoms with Crippen molar-refractivity contribution in [3.8, 4) is 11.5 Å². The zero-order valence-corrected chi connectivity index (χ0v) is 18.4. The van der Waals surface area contributed by atoms with E-state index in [9.17, 15) is 4.79 Å². The van der Waals surface area contributed by atoms with Crippen LogP contribution in [-0.4, -0.2) is 5.97 Å². The molecule has 0 radical (unpaired) electrons. The number of esters is 1. The van der Waals surface area contributed by atoms with Crippen molar-refractivity contribution in [2.45, 2.75) is 26.9 Å². The van der Waals surface area contributed by atoms with Crippen LogP contribution in [0.5, 0.6) is 11.5 Å². The average Bonchev–Trinajstić information content (AvgIpc) is 3.15. The van der Waals surface area contributed by atoms with Crippen LogP contribution in [-0.2, 0) is 22.6 Å². The molecule has 1 atom stereocenters. The zero-order valence-electron chi connectivity index (χ0n) is 17.7. The third-order valence-corrected chi connectivity index (χ3v) is 5.66. The molecule has 0 aromatic heterocycles. The fourth-order valence-electron chi connectivity index (χ4n) is 3.95. The van der Waals surface area contributed by atoms with Crippen LogP contribution >= 0.6 is 11.6 Å².